The van der Waals surface area contributed by atoms with Crippen molar-refractivity contribution in [2.75, 3.05) is 32.0 Å². The first-order valence-corrected chi connectivity index (χ1v) is 12.4. The Morgan fingerprint density at radius 3 is 2.45 bits per heavy atom. The van der Waals surface area contributed by atoms with Crippen molar-refractivity contribution in [3.63, 3.8) is 0 Å². The number of carbonyl (C=O) groups is 1. The van der Waals surface area contributed by atoms with Crippen LogP contribution in [0.5, 0.6) is 23.0 Å². The zero-order chi connectivity index (χ0) is 28.2. The molecule has 2 N–H and O–H groups in total. The topological polar surface area (TPSA) is 109 Å². The Morgan fingerprint density at radius 1 is 0.975 bits per heavy atom. The predicted octanol–water partition coefficient (Wildman–Crippen LogP) is 4.95. The molecule has 11 heteroatoms. The van der Waals surface area contributed by atoms with Gasteiger partial charge < -0.3 is 29.6 Å². The maximum absolute atomic E-state index is 13.8. The lowest BCUT2D eigenvalue weighted by Crippen LogP contribution is -2.31. The maximum Gasteiger partial charge on any atom is 0.255 e. The molecule has 0 fully saturated rings. The van der Waals surface area contributed by atoms with Gasteiger partial charge in [0.05, 0.1) is 32.6 Å². The summed E-state index contributed by atoms with van der Waals surface area (Å²) in [5.41, 5.74) is 3.02. The van der Waals surface area contributed by atoms with E-state index in [1.54, 1.807) is 61.2 Å². The SMILES string of the molecule is COc1ccc(OC)c(NC(=O)C2=C(C)Nc3ncnn3[C@@H]2c2ccc(OCc3ccc(F)cc3)c(OC)c2)c1. The molecular formula is C29H28FN5O5. The molecule has 5 rings (SSSR count). The second-order valence-corrected chi connectivity index (χ2v) is 8.94. The molecule has 1 aliphatic heterocycles. The number of halogens is 1. The quantitative estimate of drug-likeness (QED) is 0.304. The van der Waals surface area contributed by atoms with E-state index in [2.05, 4.69) is 20.7 Å². The smallest absolute Gasteiger partial charge is 0.255 e. The number of methoxy groups -OCH3 is 3. The summed E-state index contributed by atoms with van der Waals surface area (Å²) in [6, 6.07) is 16.0. The Bertz CT molecular complexity index is 1570. The molecule has 1 amide bonds. The molecular weight excluding hydrogens is 517 g/mol. The molecule has 0 saturated carbocycles. The van der Waals surface area contributed by atoms with E-state index in [9.17, 15) is 9.18 Å². The molecule has 3 aromatic carbocycles. The number of fused-ring (bicyclic) bond motifs is 1. The highest BCUT2D eigenvalue weighted by molar-refractivity contribution is 6.06. The summed E-state index contributed by atoms with van der Waals surface area (Å²) >= 11 is 0. The Hall–Kier alpha value is -5.06. The van der Waals surface area contributed by atoms with E-state index in [0.717, 1.165) is 11.1 Å². The van der Waals surface area contributed by atoms with Gasteiger partial charge in [0.1, 0.15) is 36.3 Å². The molecule has 0 unspecified atom stereocenters. The summed E-state index contributed by atoms with van der Waals surface area (Å²) in [5.74, 6) is 1.83. The van der Waals surface area contributed by atoms with Crippen LogP contribution in [0.1, 0.15) is 24.1 Å². The Morgan fingerprint density at radius 2 is 1.73 bits per heavy atom. The monoisotopic (exact) mass is 545 g/mol. The van der Waals surface area contributed by atoms with Gasteiger partial charge >= 0.3 is 0 Å². The fourth-order valence-corrected chi connectivity index (χ4v) is 4.51. The molecule has 0 radical (unpaired) electrons. The number of ether oxygens (including phenoxy) is 4. The van der Waals surface area contributed by atoms with Gasteiger partial charge in [-0.25, -0.2) is 9.07 Å². The van der Waals surface area contributed by atoms with Crippen molar-refractivity contribution in [2.24, 2.45) is 0 Å². The van der Waals surface area contributed by atoms with Crippen LogP contribution in [0.2, 0.25) is 0 Å². The summed E-state index contributed by atoms with van der Waals surface area (Å²) < 4.78 is 37.3. The molecule has 1 atom stereocenters. The zero-order valence-corrected chi connectivity index (χ0v) is 22.4. The highest BCUT2D eigenvalue weighted by Crippen LogP contribution is 2.39. The third-order valence-electron chi connectivity index (χ3n) is 6.50. The molecule has 2 heterocycles. The fourth-order valence-electron chi connectivity index (χ4n) is 4.51. The fraction of sp³-hybridized carbons (Fsp3) is 0.207. The van der Waals surface area contributed by atoms with Gasteiger partial charge in [-0.3, -0.25) is 4.79 Å². The number of anilines is 2. The molecule has 0 aliphatic carbocycles. The van der Waals surface area contributed by atoms with Crippen LogP contribution >= 0.6 is 0 Å². The average molecular weight is 546 g/mol. The summed E-state index contributed by atoms with van der Waals surface area (Å²) in [5, 5.41) is 10.5. The highest BCUT2D eigenvalue weighted by Gasteiger charge is 2.34. The Labute approximate surface area is 230 Å². The van der Waals surface area contributed by atoms with Crippen LogP contribution in [0.3, 0.4) is 0 Å². The van der Waals surface area contributed by atoms with E-state index in [4.69, 9.17) is 18.9 Å². The van der Waals surface area contributed by atoms with Crippen LogP contribution in [0.4, 0.5) is 16.0 Å². The van der Waals surface area contributed by atoms with E-state index in [0.29, 0.717) is 45.9 Å². The van der Waals surface area contributed by atoms with Gasteiger partial charge in [0.2, 0.25) is 5.95 Å². The Kier molecular flexibility index (Phi) is 7.54. The molecule has 0 spiro atoms. The number of rotatable bonds is 9. The van der Waals surface area contributed by atoms with Gasteiger partial charge in [0.25, 0.3) is 5.91 Å². The number of benzene rings is 3. The second kappa shape index (κ2) is 11.4. The van der Waals surface area contributed by atoms with E-state index in [1.165, 1.54) is 32.7 Å². The number of amides is 1. The van der Waals surface area contributed by atoms with Crippen molar-refractivity contribution in [1.29, 1.82) is 0 Å². The summed E-state index contributed by atoms with van der Waals surface area (Å²) in [4.78, 5) is 18.1. The first-order chi connectivity index (χ1) is 19.4. The molecule has 0 bridgehead atoms. The minimum Gasteiger partial charge on any atom is -0.497 e. The molecule has 40 heavy (non-hydrogen) atoms. The minimum atomic E-state index is -0.629. The van der Waals surface area contributed by atoms with Gasteiger partial charge in [-0.05, 0) is 54.4 Å². The van der Waals surface area contributed by atoms with Crippen molar-refractivity contribution < 1.29 is 28.1 Å². The third kappa shape index (κ3) is 5.26. The number of allylic oxidation sites excluding steroid dienone is 1. The minimum absolute atomic E-state index is 0.228. The van der Waals surface area contributed by atoms with Gasteiger partial charge in [0.15, 0.2) is 11.5 Å². The van der Waals surface area contributed by atoms with Crippen LogP contribution in [0.25, 0.3) is 0 Å². The van der Waals surface area contributed by atoms with Gasteiger partial charge in [-0.15, -0.1) is 0 Å². The van der Waals surface area contributed by atoms with Crippen LogP contribution in [0, 0.1) is 5.82 Å². The lowest BCUT2D eigenvalue weighted by Gasteiger charge is -2.29. The first-order valence-electron chi connectivity index (χ1n) is 12.4. The van der Waals surface area contributed by atoms with Crippen LogP contribution in [-0.2, 0) is 11.4 Å². The molecule has 0 saturated heterocycles. The number of aromatic nitrogens is 3. The lowest BCUT2D eigenvalue weighted by atomic mass is 9.94. The van der Waals surface area contributed by atoms with Crippen molar-refractivity contribution in [1.82, 2.24) is 14.8 Å². The van der Waals surface area contributed by atoms with Crippen molar-refractivity contribution in [3.8, 4) is 23.0 Å². The lowest BCUT2D eigenvalue weighted by molar-refractivity contribution is -0.113. The second-order valence-electron chi connectivity index (χ2n) is 8.94. The van der Waals surface area contributed by atoms with Crippen molar-refractivity contribution >= 4 is 17.5 Å². The molecule has 1 aromatic heterocycles. The van der Waals surface area contributed by atoms with E-state index in [-0.39, 0.29) is 18.3 Å². The van der Waals surface area contributed by atoms with Crippen LogP contribution < -0.4 is 29.6 Å². The largest absolute Gasteiger partial charge is 0.497 e. The van der Waals surface area contributed by atoms with Crippen LogP contribution in [0.15, 0.2) is 78.3 Å². The molecule has 206 valence electrons. The van der Waals surface area contributed by atoms with Gasteiger partial charge in [-0.2, -0.15) is 10.1 Å². The van der Waals surface area contributed by atoms with Gasteiger partial charge in [0, 0.05) is 11.8 Å². The number of hydrogen-bond acceptors (Lipinski definition) is 8. The zero-order valence-electron chi connectivity index (χ0n) is 22.4. The third-order valence-corrected chi connectivity index (χ3v) is 6.50. The summed E-state index contributed by atoms with van der Waals surface area (Å²) in [7, 11) is 4.62. The summed E-state index contributed by atoms with van der Waals surface area (Å²) in [6.45, 7) is 2.03. The van der Waals surface area contributed by atoms with Gasteiger partial charge in [-0.1, -0.05) is 18.2 Å². The molecule has 10 nitrogen and oxygen atoms in total. The normalized spacial score (nSPS) is 14.2. The first kappa shape index (κ1) is 26.5. The number of nitrogens with zero attached hydrogens (tertiary/aromatic N) is 3. The summed E-state index contributed by atoms with van der Waals surface area (Å²) in [6.07, 6.45) is 1.42. The van der Waals surface area contributed by atoms with E-state index >= 15 is 0 Å². The average Bonchev–Trinajstić information content (AvgIpc) is 3.44. The Balaban J connectivity index is 1.48. The van der Waals surface area contributed by atoms with E-state index < -0.39 is 6.04 Å². The number of nitrogens with one attached hydrogen (secondary N) is 2. The number of carbonyl (C=O) groups excluding carboxylic acids is 1. The van der Waals surface area contributed by atoms with Crippen molar-refractivity contribution in [2.45, 2.75) is 19.6 Å². The number of hydrogen-bond donors (Lipinski definition) is 2. The highest BCUT2D eigenvalue weighted by atomic mass is 19.1. The molecule has 4 aromatic rings. The predicted molar refractivity (Wildman–Crippen MR) is 146 cm³/mol. The molecule has 1 aliphatic rings. The standard InChI is InChI=1S/C29H28FN5O5/c1-17-26(28(36)34-22-14-21(37-2)10-12-23(22)38-3)27(35-29(33-17)31-16-32-35)19-7-11-24(25(13-19)39-4)40-15-18-5-8-20(30)9-6-18/h5-14,16,27H,15H2,1-4H3,(H,34,36)(H,31,32,33)/t27-/m1/s1. The maximum atomic E-state index is 13.8. The van der Waals surface area contributed by atoms with E-state index in [1.807, 2.05) is 6.07 Å². The van der Waals surface area contributed by atoms with Crippen LogP contribution in [-0.4, -0.2) is 42.0 Å². The van der Waals surface area contributed by atoms with Crippen molar-refractivity contribution in [3.05, 3.63) is 95.2 Å².